The van der Waals surface area contributed by atoms with E-state index in [4.69, 9.17) is 5.73 Å². The van der Waals surface area contributed by atoms with Gasteiger partial charge in [-0.05, 0) is 19.3 Å². The summed E-state index contributed by atoms with van der Waals surface area (Å²) in [6, 6.07) is -0.368. The molecule has 0 aromatic heterocycles. The molecule has 1 rings (SSSR count). The fourth-order valence-corrected chi connectivity index (χ4v) is 1.90. The fraction of sp³-hybridized carbons (Fsp3) is 0.818. The molecule has 0 aliphatic carbocycles. The van der Waals surface area contributed by atoms with Crippen LogP contribution in [0.15, 0.2) is 0 Å². The lowest BCUT2D eigenvalue weighted by atomic mass is 10.0. The SMILES string of the molecule is CCCC(CN)C(=O)NC1CCCNC1=O. The van der Waals surface area contributed by atoms with Crippen molar-refractivity contribution in [2.24, 2.45) is 11.7 Å². The molecule has 5 nitrogen and oxygen atoms in total. The molecule has 4 N–H and O–H groups in total. The largest absolute Gasteiger partial charge is 0.354 e. The Bertz CT molecular complexity index is 256. The normalized spacial score (nSPS) is 22.4. The van der Waals surface area contributed by atoms with Crippen LogP contribution < -0.4 is 16.4 Å². The number of carbonyl (C=O) groups excluding carboxylic acids is 2. The highest BCUT2D eigenvalue weighted by Crippen LogP contribution is 2.08. The van der Waals surface area contributed by atoms with Crippen molar-refractivity contribution >= 4 is 11.8 Å². The third kappa shape index (κ3) is 3.48. The van der Waals surface area contributed by atoms with Gasteiger partial charge in [0.15, 0.2) is 0 Å². The molecule has 1 aliphatic heterocycles. The van der Waals surface area contributed by atoms with Gasteiger partial charge in [-0.2, -0.15) is 0 Å². The van der Waals surface area contributed by atoms with Crippen LogP contribution in [0.4, 0.5) is 0 Å². The van der Waals surface area contributed by atoms with Crippen LogP contribution in [0.5, 0.6) is 0 Å². The predicted octanol–water partition coefficient (Wildman–Crippen LogP) is -0.244. The zero-order valence-corrected chi connectivity index (χ0v) is 9.79. The molecular formula is C11H21N3O2. The van der Waals surface area contributed by atoms with Gasteiger partial charge in [0.2, 0.25) is 11.8 Å². The molecule has 1 aliphatic rings. The number of hydrogen-bond donors (Lipinski definition) is 3. The molecule has 5 heteroatoms. The number of amides is 2. The van der Waals surface area contributed by atoms with Gasteiger partial charge in [-0.15, -0.1) is 0 Å². The van der Waals surface area contributed by atoms with Gasteiger partial charge in [0, 0.05) is 13.1 Å². The van der Waals surface area contributed by atoms with Crippen LogP contribution in [0.3, 0.4) is 0 Å². The Morgan fingerprint density at radius 3 is 3.00 bits per heavy atom. The number of rotatable bonds is 5. The highest BCUT2D eigenvalue weighted by Gasteiger charge is 2.26. The van der Waals surface area contributed by atoms with Crippen molar-refractivity contribution in [1.82, 2.24) is 10.6 Å². The van der Waals surface area contributed by atoms with Crippen LogP contribution in [0.2, 0.25) is 0 Å². The third-order valence-corrected chi connectivity index (χ3v) is 2.89. The maximum atomic E-state index is 11.8. The van der Waals surface area contributed by atoms with Crippen LogP contribution in [-0.4, -0.2) is 30.9 Å². The molecule has 2 amide bonds. The average molecular weight is 227 g/mol. The van der Waals surface area contributed by atoms with Gasteiger partial charge < -0.3 is 16.4 Å². The molecular weight excluding hydrogens is 206 g/mol. The first-order chi connectivity index (χ1) is 7.69. The Hall–Kier alpha value is -1.10. The second-order valence-electron chi connectivity index (χ2n) is 4.22. The molecule has 0 bridgehead atoms. The van der Waals surface area contributed by atoms with Crippen molar-refractivity contribution in [3.05, 3.63) is 0 Å². The predicted molar refractivity (Wildman–Crippen MR) is 61.6 cm³/mol. The van der Waals surface area contributed by atoms with Crippen molar-refractivity contribution in [3.63, 3.8) is 0 Å². The molecule has 1 fully saturated rings. The Kier molecular flexibility index (Phi) is 5.25. The molecule has 1 heterocycles. The first-order valence-corrected chi connectivity index (χ1v) is 5.97. The zero-order chi connectivity index (χ0) is 12.0. The smallest absolute Gasteiger partial charge is 0.242 e. The summed E-state index contributed by atoms with van der Waals surface area (Å²) >= 11 is 0. The van der Waals surface area contributed by atoms with Crippen LogP contribution >= 0.6 is 0 Å². The van der Waals surface area contributed by atoms with Gasteiger partial charge in [0.05, 0.1) is 5.92 Å². The second kappa shape index (κ2) is 6.48. The first kappa shape index (κ1) is 13.0. The molecule has 0 saturated carbocycles. The van der Waals surface area contributed by atoms with E-state index in [0.717, 1.165) is 25.7 Å². The molecule has 0 aromatic carbocycles. The molecule has 0 aromatic rings. The lowest BCUT2D eigenvalue weighted by molar-refractivity contribution is -0.132. The lowest BCUT2D eigenvalue weighted by Gasteiger charge is -2.24. The molecule has 1 saturated heterocycles. The topological polar surface area (TPSA) is 84.2 Å². The lowest BCUT2D eigenvalue weighted by Crippen LogP contribution is -2.52. The summed E-state index contributed by atoms with van der Waals surface area (Å²) in [5.74, 6) is -0.335. The molecule has 0 radical (unpaired) electrons. The van der Waals surface area contributed by atoms with E-state index in [1.807, 2.05) is 6.92 Å². The molecule has 16 heavy (non-hydrogen) atoms. The van der Waals surface area contributed by atoms with Crippen LogP contribution in [0.25, 0.3) is 0 Å². The summed E-state index contributed by atoms with van der Waals surface area (Å²) in [5, 5.41) is 5.51. The maximum Gasteiger partial charge on any atom is 0.242 e. The fourth-order valence-electron chi connectivity index (χ4n) is 1.90. The van der Waals surface area contributed by atoms with Gasteiger partial charge in [0.1, 0.15) is 6.04 Å². The first-order valence-electron chi connectivity index (χ1n) is 5.97. The highest BCUT2D eigenvalue weighted by atomic mass is 16.2. The zero-order valence-electron chi connectivity index (χ0n) is 9.79. The summed E-state index contributed by atoms with van der Waals surface area (Å²) < 4.78 is 0. The Morgan fingerprint density at radius 2 is 2.44 bits per heavy atom. The van der Waals surface area contributed by atoms with Gasteiger partial charge in [-0.3, -0.25) is 9.59 Å². The molecule has 0 spiro atoms. The minimum absolute atomic E-state index is 0.0770. The van der Waals surface area contributed by atoms with E-state index in [1.165, 1.54) is 0 Å². The summed E-state index contributed by atoms with van der Waals surface area (Å²) in [6.07, 6.45) is 3.33. The van der Waals surface area contributed by atoms with E-state index < -0.39 is 0 Å². The Labute approximate surface area is 96.1 Å². The maximum absolute atomic E-state index is 11.8. The van der Waals surface area contributed by atoms with Crippen molar-refractivity contribution in [3.8, 4) is 0 Å². The van der Waals surface area contributed by atoms with E-state index in [0.29, 0.717) is 13.1 Å². The van der Waals surface area contributed by atoms with Gasteiger partial charge >= 0.3 is 0 Å². The van der Waals surface area contributed by atoms with Gasteiger partial charge in [-0.25, -0.2) is 0 Å². The number of nitrogens with one attached hydrogen (secondary N) is 2. The minimum Gasteiger partial charge on any atom is -0.354 e. The van der Waals surface area contributed by atoms with E-state index in [9.17, 15) is 9.59 Å². The van der Waals surface area contributed by atoms with E-state index >= 15 is 0 Å². The minimum atomic E-state index is -0.368. The number of nitrogens with two attached hydrogens (primary N) is 1. The van der Waals surface area contributed by atoms with Crippen LogP contribution in [0, 0.1) is 5.92 Å². The van der Waals surface area contributed by atoms with E-state index in [-0.39, 0.29) is 23.8 Å². The highest BCUT2D eigenvalue weighted by molar-refractivity contribution is 5.88. The molecule has 2 unspecified atom stereocenters. The number of carbonyl (C=O) groups is 2. The summed E-state index contributed by atoms with van der Waals surface area (Å²) in [4.78, 5) is 23.2. The Morgan fingerprint density at radius 1 is 1.69 bits per heavy atom. The van der Waals surface area contributed by atoms with Crippen LogP contribution in [0.1, 0.15) is 32.6 Å². The number of piperidine rings is 1. The van der Waals surface area contributed by atoms with E-state index in [1.54, 1.807) is 0 Å². The van der Waals surface area contributed by atoms with Crippen molar-refractivity contribution in [2.75, 3.05) is 13.1 Å². The monoisotopic (exact) mass is 227 g/mol. The average Bonchev–Trinajstić information content (AvgIpc) is 2.29. The summed E-state index contributed by atoms with van der Waals surface area (Å²) in [5.41, 5.74) is 5.54. The molecule has 2 atom stereocenters. The van der Waals surface area contributed by atoms with Gasteiger partial charge in [0.25, 0.3) is 0 Å². The quantitative estimate of drug-likeness (QED) is 0.606. The van der Waals surface area contributed by atoms with Crippen LogP contribution in [-0.2, 0) is 9.59 Å². The standard InChI is InChI=1S/C11H21N3O2/c1-2-4-8(7-12)10(15)14-9-5-3-6-13-11(9)16/h8-9H,2-7,12H2,1H3,(H,13,16)(H,14,15). The van der Waals surface area contributed by atoms with Crippen molar-refractivity contribution in [2.45, 2.75) is 38.6 Å². The van der Waals surface area contributed by atoms with E-state index in [2.05, 4.69) is 10.6 Å². The van der Waals surface area contributed by atoms with Crippen molar-refractivity contribution < 1.29 is 9.59 Å². The number of hydrogen-bond acceptors (Lipinski definition) is 3. The third-order valence-electron chi connectivity index (χ3n) is 2.89. The second-order valence-corrected chi connectivity index (χ2v) is 4.22. The summed E-state index contributed by atoms with van der Waals surface area (Å²) in [6.45, 7) is 3.07. The molecule has 92 valence electrons. The summed E-state index contributed by atoms with van der Waals surface area (Å²) in [7, 11) is 0. The van der Waals surface area contributed by atoms with Gasteiger partial charge in [-0.1, -0.05) is 13.3 Å². The van der Waals surface area contributed by atoms with Crippen molar-refractivity contribution in [1.29, 1.82) is 0 Å². The Balaban J connectivity index is 2.45.